The van der Waals surface area contributed by atoms with E-state index in [9.17, 15) is 0 Å². The van der Waals surface area contributed by atoms with Gasteiger partial charge in [-0.15, -0.1) is 24.0 Å². The van der Waals surface area contributed by atoms with Crippen LogP contribution in [-0.2, 0) is 11.3 Å². The molecule has 0 aliphatic carbocycles. The van der Waals surface area contributed by atoms with Crippen LogP contribution in [0.2, 0.25) is 5.02 Å². The molecule has 0 unspecified atom stereocenters. The Hall–Kier alpha value is -0.930. The van der Waals surface area contributed by atoms with Crippen LogP contribution in [0.3, 0.4) is 0 Å². The van der Waals surface area contributed by atoms with Gasteiger partial charge in [-0.2, -0.15) is 0 Å². The second kappa shape index (κ2) is 15.2. The first-order chi connectivity index (χ1) is 12.2. The standard InChI is InChI=1S/C18H30ClN3O3.HI/c1-5-24-10-8-7-9-21-18(20-3)22-13-14-11-15(19)17(25-6-2)16(12-14)23-4;/h11-12H,5-10,13H2,1-4H3,(H2,20,21,22);1H. The molecule has 0 aromatic heterocycles. The van der Waals surface area contributed by atoms with E-state index in [1.165, 1.54) is 0 Å². The van der Waals surface area contributed by atoms with Gasteiger partial charge in [0.2, 0.25) is 0 Å². The van der Waals surface area contributed by atoms with Crippen LogP contribution in [0.5, 0.6) is 11.5 Å². The van der Waals surface area contributed by atoms with Gasteiger partial charge in [0, 0.05) is 33.4 Å². The van der Waals surface area contributed by atoms with E-state index in [0.29, 0.717) is 29.7 Å². The summed E-state index contributed by atoms with van der Waals surface area (Å²) in [4.78, 5) is 4.22. The molecule has 0 amide bonds. The minimum Gasteiger partial charge on any atom is -0.493 e. The molecule has 0 bridgehead atoms. The fraction of sp³-hybridized carbons (Fsp3) is 0.611. The Labute approximate surface area is 179 Å². The maximum absolute atomic E-state index is 6.29. The number of hydrogen-bond acceptors (Lipinski definition) is 4. The highest BCUT2D eigenvalue weighted by Crippen LogP contribution is 2.36. The van der Waals surface area contributed by atoms with Crippen molar-refractivity contribution in [3.8, 4) is 11.5 Å². The second-order valence-electron chi connectivity index (χ2n) is 5.30. The summed E-state index contributed by atoms with van der Waals surface area (Å²) in [6.07, 6.45) is 2.06. The van der Waals surface area contributed by atoms with Crippen molar-refractivity contribution in [1.29, 1.82) is 0 Å². The van der Waals surface area contributed by atoms with Crippen molar-refractivity contribution in [2.75, 3.05) is 40.5 Å². The first-order valence-corrected chi connectivity index (χ1v) is 9.05. The van der Waals surface area contributed by atoms with E-state index in [-0.39, 0.29) is 24.0 Å². The number of ether oxygens (including phenoxy) is 3. The number of rotatable bonds is 11. The summed E-state index contributed by atoms with van der Waals surface area (Å²) in [5.41, 5.74) is 0.990. The second-order valence-corrected chi connectivity index (χ2v) is 5.71. The van der Waals surface area contributed by atoms with Crippen LogP contribution in [0.1, 0.15) is 32.3 Å². The summed E-state index contributed by atoms with van der Waals surface area (Å²) in [5, 5.41) is 7.10. The molecule has 0 aliphatic rings. The number of aliphatic imine (C=N–C) groups is 1. The number of benzene rings is 1. The smallest absolute Gasteiger partial charge is 0.191 e. The Balaban J connectivity index is 0.00000625. The van der Waals surface area contributed by atoms with Crippen LogP contribution in [0.25, 0.3) is 0 Å². The molecule has 2 N–H and O–H groups in total. The van der Waals surface area contributed by atoms with Crippen LogP contribution >= 0.6 is 35.6 Å². The van der Waals surface area contributed by atoms with Gasteiger partial charge in [-0.25, -0.2) is 0 Å². The van der Waals surface area contributed by atoms with E-state index in [2.05, 4.69) is 15.6 Å². The van der Waals surface area contributed by atoms with E-state index in [4.69, 9.17) is 25.8 Å². The molecule has 0 spiro atoms. The molecule has 0 fully saturated rings. The average molecular weight is 500 g/mol. The van der Waals surface area contributed by atoms with E-state index >= 15 is 0 Å². The first-order valence-electron chi connectivity index (χ1n) is 8.67. The fourth-order valence-corrected chi connectivity index (χ4v) is 2.53. The third-order valence-corrected chi connectivity index (χ3v) is 3.75. The summed E-state index contributed by atoms with van der Waals surface area (Å²) >= 11 is 6.29. The lowest BCUT2D eigenvalue weighted by Gasteiger charge is -2.15. The third-order valence-electron chi connectivity index (χ3n) is 3.47. The summed E-state index contributed by atoms with van der Waals surface area (Å²) in [6, 6.07) is 3.79. The zero-order chi connectivity index (χ0) is 18.5. The van der Waals surface area contributed by atoms with Gasteiger partial charge in [0.1, 0.15) is 0 Å². The number of unbranched alkanes of at least 4 members (excludes halogenated alkanes) is 1. The molecule has 0 saturated heterocycles. The molecular weight excluding hydrogens is 469 g/mol. The molecule has 1 rings (SSSR count). The van der Waals surface area contributed by atoms with Gasteiger partial charge in [-0.05, 0) is 44.4 Å². The molecule has 150 valence electrons. The van der Waals surface area contributed by atoms with E-state index in [0.717, 1.165) is 44.1 Å². The monoisotopic (exact) mass is 499 g/mol. The molecule has 8 heteroatoms. The lowest BCUT2D eigenvalue weighted by molar-refractivity contribution is 0.143. The van der Waals surface area contributed by atoms with Crippen molar-refractivity contribution in [2.24, 2.45) is 4.99 Å². The van der Waals surface area contributed by atoms with Gasteiger partial charge < -0.3 is 24.8 Å². The topological polar surface area (TPSA) is 64.1 Å². The third kappa shape index (κ3) is 9.14. The number of nitrogens with one attached hydrogen (secondary N) is 2. The summed E-state index contributed by atoms with van der Waals surface area (Å²) < 4.78 is 16.2. The van der Waals surface area contributed by atoms with Crippen LogP contribution in [0.4, 0.5) is 0 Å². The largest absolute Gasteiger partial charge is 0.493 e. The summed E-state index contributed by atoms with van der Waals surface area (Å²) in [5.74, 6) is 1.96. The highest BCUT2D eigenvalue weighted by molar-refractivity contribution is 14.0. The van der Waals surface area contributed by atoms with Crippen molar-refractivity contribution in [3.05, 3.63) is 22.7 Å². The van der Waals surface area contributed by atoms with Crippen LogP contribution in [0.15, 0.2) is 17.1 Å². The molecule has 0 saturated carbocycles. The Bertz CT molecular complexity index is 545. The maximum Gasteiger partial charge on any atom is 0.191 e. The van der Waals surface area contributed by atoms with Gasteiger partial charge >= 0.3 is 0 Å². The van der Waals surface area contributed by atoms with Crippen LogP contribution < -0.4 is 20.1 Å². The van der Waals surface area contributed by atoms with Crippen molar-refractivity contribution in [2.45, 2.75) is 33.2 Å². The normalized spacial score (nSPS) is 10.9. The lowest BCUT2D eigenvalue weighted by Crippen LogP contribution is -2.37. The van der Waals surface area contributed by atoms with Gasteiger partial charge in [-0.1, -0.05) is 11.6 Å². The van der Waals surface area contributed by atoms with Crippen LogP contribution in [0, 0.1) is 0 Å². The van der Waals surface area contributed by atoms with Crippen molar-refractivity contribution in [1.82, 2.24) is 10.6 Å². The minimum atomic E-state index is 0. The molecule has 0 aliphatic heterocycles. The van der Waals surface area contributed by atoms with E-state index in [1.807, 2.05) is 26.0 Å². The minimum absolute atomic E-state index is 0. The lowest BCUT2D eigenvalue weighted by atomic mass is 10.2. The van der Waals surface area contributed by atoms with Crippen molar-refractivity contribution in [3.63, 3.8) is 0 Å². The summed E-state index contributed by atoms with van der Waals surface area (Å²) in [7, 11) is 3.36. The first kappa shape index (κ1) is 25.1. The number of guanidine groups is 1. The Morgan fingerprint density at radius 1 is 1.15 bits per heavy atom. The zero-order valence-electron chi connectivity index (χ0n) is 16.1. The highest BCUT2D eigenvalue weighted by atomic mass is 127. The molecule has 1 aromatic carbocycles. The molecular formula is C18H31ClIN3O3. The van der Waals surface area contributed by atoms with Gasteiger partial charge in [-0.3, -0.25) is 4.99 Å². The molecule has 1 aromatic rings. The molecule has 26 heavy (non-hydrogen) atoms. The van der Waals surface area contributed by atoms with E-state index in [1.54, 1.807) is 14.2 Å². The Morgan fingerprint density at radius 2 is 1.92 bits per heavy atom. The predicted molar refractivity (Wildman–Crippen MR) is 119 cm³/mol. The fourth-order valence-electron chi connectivity index (χ4n) is 2.25. The SMILES string of the molecule is CCOCCCCNC(=NC)NCc1cc(Cl)c(OCC)c(OC)c1.I. The van der Waals surface area contributed by atoms with Gasteiger partial charge in [0.25, 0.3) is 0 Å². The molecule has 0 atom stereocenters. The highest BCUT2D eigenvalue weighted by Gasteiger charge is 2.11. The van der Waals surface area contributed by atoms with E-state index < -0.39 is 0 Å². The summed E-state index contributed by atoms with van der Waals surface area (Å²) in [6.45, 7) is 7.45. The molecule has 6 nitrogen and oxygen atoms in total. The predicted octanol–water partition coefficient (Wildman–Crippen LogP) is 3.85. The maximum atomic E-state index is 6.29. The Kier molecular flexibility index (Phi) is 14.6. The van der Waals surface area contributed by atoms with Gasteiger partial charge in [0.05, 0.1) is 18.7 Å². The van der Waals surface area contributed by atoms with Crippen molar-refractivity contribution >= 4 is 41.5 Å². The number of methoxy groups -OCH3 is 1. The number of hydrogen-bond donors (Lipinski definition) is 2. The average Bonchev–Trinajstić information content (AvgIpc) is 2.62. The molecule has 0 heterocycles. The van der Waals surface area contributed by atoms with Gasteiger partial charge in [0.15, 0.2) is 17.5 Å². The van der Waals surface area contributed by atoms with Crippen molar-refractivity contribution < 1.29 is 14.2 Å². The Morgan fingerprint density at radius 3 is 2.54 bits per heavy atom. The number of nitrogens with zero attached hydrogens (tertiary/aromatic N) is 1. The molecule has 0 radical (unpaired) electrons. The number of halogens is 2. The van der Waals surface area contributed by atoms with Crippen LogP contribution in [-0.4, -0.2) is 46.5 Å². The quantitative estimate of drug-likeness (QED) is 0.210. The zero-order valence-corrected chi connectivity index (χ0v) is 19.1.